The van der Waals surface area contributed by atoms with Gasteiger partial charge in [0.1, 0.15) is 18.9 Å². The SMILES string of the molecule is Cc1ccc2c(c1)N(C(=O)Cn1c(=O)n(Cc3ccccc3)c(=O)c3nscc31)CCO2. The van der Waals surface area contributed by atoms with Crippen molar-refractivity contribution < 1.29 is 9.53 Å². The van der Waals surface area contributed by atoms with E-state index in [9.17, 15) is 14.4 Å². The van der Waals surface area contributed by atoms with Crippen molar-refractivity contribution in [2.45, 2.75) is 20.0 Å². The van der Waals surface area contributed by atoms with Gasteiger partial charge < -0.3 is 9.64 Å². The van der Waals surface area contributed by atoms with Gasteiger partial charge >= 0.3 is 5.69 Å². The lowest BCUT2D eigenvalue weighted by Crippen LogP contribution is -2.45. The molecule has 0 N–H and O–H groups in total. The average Bonchev–Trinajstić information content (AvgIpc) is 3.29. The molecule has 0 radical (unpaired) electrons. The Bertz CT molecular complexity index is 1440. The lowest BCUT2D eigenvalue weighted by atomic mass is 10.1. The first-order chi connectivity index (χ1) is 15.5. The Morgan fingerprint density at radius 2 is 1.94 bits per heavy atom. The zero-order chi connectivity index (χ0) is 22.2. The Labute approximate surface area is 187 Å². The molecule has 0 spiro atoms. The van der Waals surface area contributed by atoms with E-state index in [0.29, 0.717) is 30.1 Å². The van der Waals surface area contributed by atoms with Crippen LogP contribution in [0.5, 0.6) is 5.75 Å². The lowest BCUT2D eigenvalue weighted by molar-refractivity contribution is -0.119. The molecule has 0 atom stereocenters. The zero-order valence-electron chi connectivity index (χ0n) is 17.4. The monoisotopic (exact) mass is 448 g/mol. The van der Waals surface area contributed by atoms with Crippen LogP contribution in [0.25, 0.3) is 11.0 Å². The Kier molecular flexibility index (Phi) is 5.10. The molecule has 2 aromatic carbocycles. The van der Waals surface area contributed by atoms with Crippen LogP contribution in [0.15, 0.2) is 63.5 Å². The van der Waals surface area contributed by atoms with Crippen LogP contribution in [-0.2, 0) is 17.9 Å². The second-order valence-electron chi connectivity index (χ2n) is 7.66. The molecule has 0 bridgehead atoms. The van der Waals surface area contributed by atoms with Crippen molar-refractivity contribution in [3.8, 4) is 5.75 Å². The molecule has 0 unspecified atom stereocenters. The van der Waals surface area contributed by atoms with Crippen LogP contribution < -0.4 is 20.9 Å². The van der Waals surface area contributed by atoms with E-state index in [2.05, 4.69) is 4.37 Å². The first-order valence-electron chi connectivity index (χ1n) is 10.2. The molecular formula is C23H20N4O4S. The van der Waals surface area contributed by atoms with Gasteiger partial charge in [-0.2, -0.15) is 4.37 Å². The highest BCUT2D eigenvalue weighted by Gasteiger charge is 2.26. The van der Waals surface area contributed by atoms with Crippen molar-refractivity contribution in [3.05, 3.63) is 85.9 Å². The van der Waals surface area contributed by atoms with E-state index in [1.165, 1.54) is 4.57 Å². The number of benzene rings is 2. The number of anilines is 1. The van der Waals surface area contributed by atoms with Crippen LogP contribution in [0.4, 0.5) is 5.69 Å². The Hall–Kier alpha value is -3.72. The number of carbonyl (C=O) groups excluding carboxylic acids is 1. The van der Waals surface area contributed by atoms with E-state index in [-0.39, 0.29) is 24.5 Å². The molecule has 2 aromatic heterocycles. The minimum Gasteiger partial charge on any atom is -0.490 e. The highest BCUT2D eigenvalue weighted by Crippen LogP contribution is 2.32. The van der Waals surface area contributed by atoms with Crippen molar-refractivity contribution in [1.29, 1.82) is 0 Å². The van der Waals surface area contributed by atoms with Crippen molar-refractivity contribution in [2.75, 3.05) is 18.1 Å². The van der Waals surface area contributed by atoms with Crippen LogP contribution >= 0.6 is 11.5 Å². The molecule has 0 fully saturated rings. The summed E-state index contributed by atoms with van der Waals surface area (Å²) in [5.74, 6) is 0.388. The number of ether oxygens (including phenoxy) is 1. The third kappa shape index (κ3) is 3.50. The summed E-state index contributed by atoms with van der Waals surface area (Å²) < 4.78 is 12.4. The van der Waals surface area contributed by atoms with Gasteiger partial charge in [-0.05, 0) is 41.7 Å². The molecule has 3 heterocycles. The summed E-state index contributed by atoms with van der Waals surface area (Å²) in [5.41, 5.74) is 2.09. The van der Waals surface area contributed by atoms with Crippen LogP contribution in [0.1, 0.15) is 11.1 Å². The number of hydrogen-bond acceptors (Lipinski definition) is 6. The van der Waals surface area contributed by atoms with E-state index in [1.54, 1.807) is 10.3 Å². The van der Waals surface area contributed by atoms with Gasteiger partial charge in [-0.1, -0.05) is 36.4 Å². The molecule has 32 heavy (non-hydrogen) atoms. The smallest absolute Gasteiger partial charge is 0.332 e. The number of nitrogens with zero attached hydrogens (tertiary/aromatic N) is 4. The fourth-order valence-corrected chi connectivity index (χ4v) is 4.57. The minimum absolute atomic E-state index is 0.111. The van der Waals surface area contributed by atoms with Crippen molar-refractivity contribution in [2.24, 2.45) is 0 Å². The Morgan fingerprint density at radius 1 is 1.12 bits per heavy atom. The minimum atomic E-state index is -0.530. The molecule has 4 aromatic rings. The standard InChI is InChI=1S/C23H20N4O4S/c1-15-7-8-19-17(11-15)25(9-10-31-19)20(28)13-26-18-14-32-24-21(18)22(29)27(23(26)30)12-16-5-3-2-4-6-16/h2-8,11,14H,9-10,12-13H2,1H3. The molecule has 1 aliphatic heterocycles. The zero-order valence-corrected chi connectivity index (χ0v) is 18.2. The molecule has 8 nitrogen and oxygen atoms in total. The molecular weight excluding hydrogens is 428 g/mol. The number of hydrogen-bond donors (Lipinski definition) is 0. The van der Waals surface area contributed by atoms with E-state index in [1.807, 2.05) is 55.5 Å². The van der Waals surface area contributed by atoms with Crippen LogP contribution in [0, 0.1) is 6.92 Å². The number of amides is 1. The van der Waals surface area contributed by atoms with Gasteiger partial charge in [-0.15, -0.1) is 0 Å². The predicted octanol–water partition coefficient (Wildman–Crippen LogP) is 2.40. The van der Waals surface area contributed by atoms with Crippen molar-refractivity contribution >= 4 is 34.2 Å². The third-order valence-corrected chi connectivity index (χ3v) is 6.12. The molecule has 0 aliphatic carbocycles. The fourth-order valence-electron chi connectivity index (χ4n) is 3.90. The number of carbonyl (C=O) groups is 1. The molecule has 5 rings (SSSR count). The normalized spacial score (nSPS) is 13.1. The van der Waals surface area contributed by atoms with E-state index < -0.39 is 11.2 Å². The molecule has 1 aliphatic rings. The second-order valence-corrected chi connectivity index (χ2v) is 8.29. The summed E-state index contributed by atoms with van der Waals surface area (Å²) in [6.45, 7) is 2.62. The van der Waals surface area contributed by atoms with Gasteiger partial charge in [0.05, 0.1) is 24.3 Å². The van der Waals surface area contributed by atoms with Gasteiger partial charge in [0.2, 0.25) is 5.91 Å². The third-order valence-electron chi connectivity index (χ3n) is 5.51. The summed E-state index contributed by atoms with van der Waals surface area (Å²) >= 11 is 1.09. The van der Waals surface area contributed by atoms with Gasteiger partial charge in [-0.3, -0.25) is 18.7 Å². The van der Waals surface area contributed by atoms with E-state index in [0.717, 1.165) is 27.2 Å². The summed E-state index contributed by atoms with van der Waals surface area (Å²) in [5, 5.41) is 1.63. The Morgan fingerprint density at radius 3 is 2.75 bits per heavy atom. The second kappa shape index (κ2) is 8.08. The number of aromatic nitrogens is 3. The van der Waals surface area contributed by atoms with Gasteiger partial charge in [0.25, 0.3) is 5.56 Å². The summed E-state index contributed by atoms with van der Waals surface area (Å²) in [7, 11) is 0. The topological polar surface area (TPSA) is 86.4 Å². The summed E-state index contributed by atoms with van der Waals surface area (Å²) in [6, 6.07) is 14.9. The fraction of sp³-hybridized carbons (Fsp3) is 0.217. The first-order valence-corrected chi connectivity index (χ1v) is 11.0. The summed E-state index contributed by atoms with van der Waals surface area (Å²) in [4.78, 5) is 41.2. The highest BCUT2D eigenvalue weighted by molar-refractivity contribution is 7.04. The summed E-state index contributed by atoms with van der Waals surface area (Å²) in [6.07, 6.45) is 0. The molecule has 162 valence electrons. The molecule has 0 saturated heterocycles. The van der Waals surface area contributed by atoms with E-state index >= 15 is 0 Å². The van der Waals surface area contributed by atoms with Gasteiger partial charge in [0, 0.05) is 5.38 Å². The lowest BCUT2D eigenvalue weighted by Gasteiger charge is -2.30. The number of aryl methyl sites for hydroxylation is 1. The van der Waals surface area contributed by atoms with E-state index in [4.69, 9.17) is 4.74 Å². The predicted molar refractivity (Wildman–Crippen MR) is 123 cm³/mol. The number of rotatable bonds is 4. The maximum absolute atomic E-state index is 13.3. The quantitative estimate of drug-likeness (QED) is 0.479. The van der Waals surface area contributed by atoms with Gasteiger partial charge in [-0.25, -0.2) is 4.79 Å². The van der Waals surface area contributed by atoms with Crippen LogP contribution in [0.3, 0.4) is 0 Å². The largest absolute Gasteiger partial charge is 0.490 e. The molecule has 9 heteroatoms. The molecule has 0 saturated carbocycles. The number of fused-ring (bicyclic) bond motifs is 2. The Balaban J connectivity index is 1.56. The molecule has 1 amide bonds. The van der Waals surface area contributed by atoms with Crippen molar-refractivity contribution in [3.63, 3.8) is 0 Å². The average molecular weight is 449 g/mol. The maximum Gasteiger partial charge on any atom is 0.332 e. The first kappa shape index (κ1) is 20.2. The van der Waals surface area contributed by atoms with Gasteiger partial charge in [0.15, 0.2) is 5.52 Å². The highest BCUT2D eigenvalue weighted by atomic mass is 32.1. The maximum atomic E-state index is 13.3. The van der Waals surface area contributed by atoms with Crippen LogP contribution in [-0.4, -0.2) is 32.6 Å². The van der Waals surface area contributed by atoms with Crippen LogP contribution in [0.2, 0.25) is 0 Å². The van der Waals surface area contributed by atoms with Crippen molar-refractivity contribution in [1.82, 2.24) is 13.5 Å².